The molecule has 1 N–H and O–H groups in total. The molecule has 0 amide bonds. The van der Waals surface area contributed by atoms with Crippen LogP contribution in [0.1, 0.15) is 17.3 Å². The maximum absolute atomic E-state index is 11.4. The Kier molecular flexibility index (Phi) is 3.54. The lowest BCUT2D eigenvalue weighted by molar-refractivity contribution is 0.0696. The Morgan fingerprint density at radius 3 is 2.50 bits per heavy atom. The number of aromatic carboxylic acids is 1. The molecule has 0 aliphatic heterocycles. The molecule has 0 radical (unpaired) electrons. The van der Waals surface area contributed by atoms with Crippen LogP contribution in [0.3, 0.4) is 0 Å². The number of sulfone groups is 1. The van der Waals surface area contributed by atoms with E-state index < -0.39 is 15.8 Å². The van der Waals surface area contributed by atoms with Gasteiger partial charge in [-0.1, -0.05) is 0 Å². The second kappa shape index (κ2) is 4.52. The summed E-state index contributed by atoms with van der Waals surface area (Å²) < 4.78 is 28.0. The molecule has 0 spiro atoms. The summed E-state index contributed by atoms with van der Waals surface area (Å²) in [6.07, 6.45) is 1.01. The van der Waals surface area contributed by atoms with Crippen molar-refractivity contribution in [2.24, 2.45) is 0 Å². The fourth-order valence-corrected chi connectivity index (χ4v) is 2.04. The molecule has 0 saturated heterocycles. The summed E-state index contributed by atoms with van der Waals surface area (Å²) in [5.41, 5.74) is -0.0797. The number of benzene rings is 1. The van der Waals surface area contributed by atoms with E-state index in [-0.39, 0.29) is 16.2 Å². The van der Waals surface area contributed by atoms with E-state index in [1.165, 1.54) is 12.1 Å². The van der Waals surface area contributed by atoms with Crippen molar-refractivity contribution in [2.75, 3.05) is 12.9 Å². The van der Waals surface area contributed by atoms with Gasteiger partial charge in [-0.05, 0) is 25.1 Å². The zero-order valence-electron chi connectivity index (χ0n) is 8.93. The van der Waals surface area contributed by atoms with Crippen molar-refractivity contribution in [3.63, 3.8) is 0 Å². The van der Waals surface area contributed by atoms with Crippen molar-refractivity contribution >= 4 is 15.8 Å². The Morgan fingerprint density at radius 1 is 1.44 bits per heavy atom. The molecule has 0 unspecified atom stereocenters. The van der Waals surface area contributed by atoms with Crippen LogP contribution in [0, 0.1) is 0 Å². The molecule has 0 aliphatic rings. The standard InChI is InChI=1S/C10H12O5S/c1-3-15-8-5-4-7(10(11)12)6-9(8)16(2,13)14/h4-6H,3H2,1-2H3,(H,11,12). The summed E-state index contributed by atoms with van der Waals surface area (Å²) in [6, 6.07) is 3.76. The molecule has 88 valence electrons. The smallest absolute Gasteiger partial charge is 0.335 e. The summed E-state index contributed by atoms with van der Waals surface area (Å²) >= 11 is 0. The number of hydrogen-bond acceptors (Lipinski definition) is 4. The van der Waals surface area contributed by atoms with E-state index >= 15 is 0 Å². The van der Waals surface area contributed by atoms with Gasteiger partial charge in [0.15, 0.2) is 9.84 Å². The van der Waals surface area contributed by atoms with Crippen LogP contribution in [0.5, 0.6) is 5.75 Å². The highest BCUT2D eigenvalue weighted by atomic mass is 32.2. The first-order valence-electron chi connectivity index (χ1n) is 4.56. The van der Waals surface area contributed by atoms with Crippen molar-refractivity contribution in [2.45, 2.75) is 11.8 Å². The zero-order chi connectivity index (χ0) is 12.3. The second-order valence-electron chi connectivity index (χ2n) is 3.17. The van der Waals surface area contributed by atoms with Gasteiger partial charge in [0.1, 0.15) is 10.6 Å². The highest BCUT2D eigenvalue weighted by molar-refractivity contribution is 7.90. The molecule has 0 atom stereocenters. The minimum atomic E-state index is -3.50. The Morgan fingerprint density at radius 2 is 2.06 bits per heavy atom. The minimum absolute atomic E-state index is 0.0797. The van der Waals surface area contributed by atoms with Crippen molar-refractivity contribution in [1.29, 1.82) is 0 Å². The van der Waals surface area contributed by atoms with E-state index in [4.69, 9.17) is 9.84 Å². The molecular weight excluding hydrogens is 232 g/mol. The van der Waals surface area contributed by atoms with Crippen LogP contribution in [0.2, 0.25) is 0 Å². The quantitative estimate of drug-likeness (QED) is 0.860. The molecule has 0 bridgehead atoms. The molecule has 0 aromatic heterocycles. The molecule has 1 rings (SSSR count). The maximum Gasteiger partial charge on any atom is 0.335 e. The van der Waals surface area contributed by atoms with E-state index in [0.29, 0.717) is 6.61 Å². The lowest BCUT2D eigenvalue weighted by Gasteiger charge is -2.09. The van der Waals surface area contributed by atoms with E-state index in [2.05, 4.69) is 0 Å². The molecule has 6 heteroatoms. The lowest BCUT2D eigenvalue weighted by Crippen LogP contribution is -2.05. The topological polar surface area (TPSA) is 80.7 Å². The Hall–Kier alpha value is -1.56. The van der Waals surface area contributed by atoms with E-state index in [1.54, 1.807) is 6.92 Å². The van der Waals surface area contributed by atoms with Crippen molar-refractivity contribution < 1.29 is 23.1 Å². The van der Waals surface area contributed by atoms with Gasteiger partial charge in [0.2, 0.25) is 0 Å². The van der Waals surface area contributed by atoms with Crippen LogP contribution in [-0.4, -0.2) is 32.4 Å². The maximum atomic E-state index is 11.4. The first-order chi connectivity index (χ1) is 7.36. The molecule has 0 saturated carbocycles. The lowest BCUT2D eigenvalue weighted by atomic mass is 10.2. The normalized spacial score (nSPS) is 11.1. The monoisotopic (exact) mass is 244 g/mol. The van der Waals surface area contributed by atoms with Crippen LogP contribution >= 0.6 is 0 Å². The fourth-order valence-electron chi connectivity index (χ4n) is 1.21. The van der Waals surface area contributed by atoms with E-state index in [0.717, 1.165) is 12.3 Å². The molecule has 0 aliphatic carbocycles. The van der Waals surface area contributed by atoms with Gasteiger partial charge in [-0.25, -0.2) is 13.2 Å². The average Bonchev–Trinajstić information content (AvgIpc) is 2.16. The molecule has 16 heavy (non-hydrogen) atoms. The minimum Gasteiger partial charge on any atom is -0.493 e. The van der Waals surface area contributed by atoms with E-state index in [9.17, 15) is 13.2 Å². The molecule has 1 aromatic rings. The number of carboxylic acids is 1. The number of carbonyl (C=O) groups is 1. The van der Waals surface area contributed by atoms with Crippen LogP contribution in [0.4, 0.5) is 0 Å². The summed E-state index contributed by atoms with van der Waals surface area (Å²) in [7, 11) is -3.50. The fraction of sp³-hybridized carbons (Fsp3) is 0.300. The van der Waals surface area contributed by atoms with Crippen LogP contribution in [-0.2, 0) is 9.84 Å². The van der Waals surface area contributed by atoms with Crippen LogP contribution in [0.25, 0.3) is 0 Å². The molecule has 1 aromatic carbocycles. The van der Waals surface area contributed by atoms with Gasteiger partial charge in [0, 0.05) is 6.26 Å². The number of carboxylic acid groups (broad SMARTS) is 1. The van der Waals surface area contributed by atoms with Gasteiger partial charge < -0.3 is 9.84 Å². The number of ether oxygens (including phenoxy) is 1. The van der Waals surface area contributed by atoms with E-state index in [1.807, 2.05) is 0 Å². The Balaban J connectivity index is 3.39. The molecular formula is C10H12O5S. The number of hydrogen-bond donors (Lipinski definition) is 1. The first kappa shape index (κ1) is 12.5. The predicted octanol–water partition coefficient (Wildman–Crippen LogP) is 1.19. The van der Waals surface area contributed by atoms with Gasteiger partial charge in [0.25, 0.3) is 0 Å². The van der Waals surface area contributed by atoms with Crippen molar-refractivity contribution in [3.05, 3.63) is 23.8 Å². The first-order valence-corrected chi connectivity index (χ1v) is 6.45. The van der Waals surface area contributed by atoms with Crippen LogP contribution < -0.4 is 4.74 Å². The van der Waals surface area contributed by atoms with Crippen LogP contribution in [0.15, 0.2) is 23.1 Å². The molecule has 5 nitrogen and oxygen atoms in total. The largest absolute Gasteiger partial charge is 0.493 e. The third kappa shape index (κ3) is 2.73. The molecule has 0 heterocycles. The molecule has 0 fully saturated rings. The SMILES string of the molecule is CCOc1ccc(C(=O)O)cc1S(C)(=O)=O. The van der Waals surface area contributed by atoms with Gasteiger partial charge in [-0.15, -0.1) is 0 Å². The van der Waals surface area contributed by atoms with Gasteiger partial charge in [-0.3, -0.25) is 0 Å². The summed E-state index contributed by atoms with van der Waals surface area (Å²) in [5, 5.41) is 8.76. The van der Waals surface area contributed by atoms with Gasteiger partial charge >= 0.3 is 5.97 Å². The van der Waals surface area contributed by atoms with Gasteiger partial charge in [-0.2, -0.15) is 0 Å². The van der Waals surface area contributed by atoms with Crippen molar-refractivity contribution in [3.8, 4) is 5.75 Å². The zero-order valence-corrected chi connectivity index (χ0v) is 9.74. The average molecular weight is 244 g/mol. The van der Waals surface area contributed by atoms with Gasteiger partial charge in [0.05, 0.1) is 12.2 Å². The highest BCUT2D eigenvalue weighted by Gasteiger charge is 2.17. The Bertz CT molecular complexity index is 504. The number of rotatable bonds is 4. The predicted molar refractivity (Wildman–Crippen MR) is 57.7 cm³/mol. The highest BCUT2D eigenvalue weighted by Crippen LogP contribution is 2.25. The van der Waals surface area contributed by atoms with Crippen molar-refractivity contribution in [1.82, 2.24) is 0 Å². The Labute approximate surface area is 93.6 Å². The summed E-state index contributed by atoms with van der Waals surface area (Å²) in [6.45, 7) is 2.03. The third-order valence-corrected chi connectivity index (χ3v) is 3.01. The second-order valence-corrected chi connectivity index (χ2v) is 5.16. The summed E-state index contributed by atoms with van der Waals surface area (Å²) in [5.74, 6) is -0.997. The third-order valence-electron chi connectivity index (χ3n) is 1.89. The summed E-state index contributed by atoms with van der Waals surface area (Å²) in [4.78, 5) is 10.6.